The second kappa shape index (κ2) is 9.08. The summed E-state index contributed by atoms with van der Waals surface area (Å²) in [5, 5.41) is 4.85. The van der Waals surface area contributed by atoms with E-state index < -0.39 is 15.9 Å². The van der Waals surface area contributed by atoms with Crippen LogP contribution >= 0.6 is 0 Å². The molecule has 1 aliphatic rings. The number of rotatable bonds is 6. The number of benzene rings is 3. The number of fused-ring (bicyclic) bond motifs is 1. The maximum absolute atomic E-state index is 13.2. The third-order valence-electron chi connectivity index (χ3n) is 6.04. The Morgan fingerprint density at radius 2 is 1.71 bits per heavy atom. The third kappa shape index (κ3) is 4.36. The molecule has 8 nitrogen and oxygen atoms in total. The number of nitrogens with zero attached hydrogens (tertiary/aromatic N) is 3. The number of hydrogen-bond donors (Lipinski definition) is 1. The van der Waals surface area contributed by atoms with Crippen LogP contribution in [0.2, 0.25) is 0 Å². The van der Waals surface area contributed by atoms with E-state index in [2.05, 4.69) is 5.32 Å². The highest BCUT2D eigenvalue weighted by Crippen LogP contribution is 2.33. The standard InChI is InChI=1S/C25H28N4O4S/c1-27(2)23-13-12-19(34(32,33)28(3)4)15-21(23)26-25(31)18-14-24(30)29(16-18)22-11-7-9-17-8-5-6-10-20(17)22/h5-13,15,18H,14,16H2,1-4H3,(H,26,31)/t18-/m0/s1. The predicted molar refractivity (Wildman–Crippen MR) is 135 cm³/mol. The van der Waals surface area contributed by atoms with Crippen molar-refractivity contribution in [3.05, 3.63) is 60.7 Å². The summed E-state index contributed by atoms with van der Waals surface area (Å²) < 4.78 is 26.3. The molecule has 0 saturated carbocycles. The lowest BCUT2D eigenvalue weighted by Crippen LogP contribution is -2.29. The first-order valence-electron chi connectivity index (χ1n) is 10.9. The van der Waals surface area contributed by atoms with Crippen molar-refractivity contribution in [3.8, 4) is 0 Å². The molecule has 0 aromatic heterocycles. The SMILES string of the molecule is CN(C)c1ccc(S(=O)(=O)N(C)C)cc1NC(=O)[C@H]1CC(=O)N(c2cccc3ccccc23)C1. The molecule has 1 aliphatic heterocycles. The van der Waals surface area contributed by atoms with Gasteiger partial charge in [0, 0.05) is 46.5 Å². The molecular weight excluding hydrogens is 452 g/mol. The smallest absolute Gasteiger partial charge is 0.242 e. The molecule has 0 spiro atoms. The van der Waals surface area contributed by atoms with Gasteiger partial charge in [0.15, 0.2) is 0 Å². The molecule has 3 aromatic carbocycles. The summed E-state index contributed by atoms with van der Waals surface area (Å²) in [6.45, 7) is 0.256. The van der Waals surface area contributed by atoms with Crippen LogP contribution in [0.15, 0.2) is 65.6 Å². The van der Waals surface area contributed by atoms with E-state index in [4.69, 9.17) is 0 Å². The first-order valence-corrected chi connectivity index (χ1v) is 12.4. The largest absolute Gasteiger partial charge is 0.376 e. The van der Waals surface area contributed by atoms with Crippen molar-refractivity contribution in [2.45, 2.75) is 11.3 Å². The molecule has 1 atom stereocenters. The Morgan fingerprint density at radius 1 is 1.00 bits per heavy atom. The van der Waals surface area contributed by atoms with E-state index in [9.17, 15) is 18.0 Å². The molecule has 34 heavy (non-hydrogen) atoms. The minimum atomic E-state index is -3.67. The number of amides is 2. The van der Waals surface area contributed by atoms with Crippen molar-refractivity contribution in [1.82, 2.24) is 4.31 Å². The van der Waals surface area contributed by atoms with Crippen LogP contribution in [0.3, 0.4) is 0 Å². The van der Waals surface area contributed by atoms with Crippen molar-refractivity contribution in [2.24, 2.45) is 5.92 Å². The van der Waals surface area contributed by atoms with Gasteiger partial charge in [-0.25, -0.2) is 12.7 Å². The Morgan fingerprint density at radius 3 is 2.41 bits per heavy atom. The molecule has 0 unspecified atom stereocenters. The van der Waals surface area contributed by atoms with Crippen LogP contribution in [0.5, 0.6) is 0 Å². The van der Waals surface area contributed by atoms with Gasteiger partial charge in [-0.1, -0.05) is 36.4 Å². The van der Waals surface area contributed by atoms with E-state index in [0.717, 1.165) is 20.8 Å². The van der Waals surface area contributed by atoms with E-state index in [1.54, 1.807) is 15.9 Å². The fourth-order valence-electron chi connectivity index (χ4n) is 4.17. The number of carbonyl (C=O) groups is 2. The number of carbonyl (C=O) groups excluding carboxylic acids is 2. The van der Waals surface area contributed by atoms with Crippen LogP contribution in [-0.4, -0.2) is 59.3 Å². The Balaban J connectivity index is 1.60. The summed E-state index contributed by atoms with van der Waals surface area (Å²) in [5.41, 5.74) is 1.83. The molecule has 0 radical (unpaired) electrons. The molecule has 3 aromatic rings. The van der Waals surface area contributed by atoms with E-state index in [0.29, 0.717) is 11.4 Å². The van der Waals surface area contributed by atoms with Crippen molar-refractivity contribution < 1.29 is 18.0 Å². The average Bonchev–Trinajstić information content (AvgIpc) is 3.19. The summed E-state index contributed by atoms with van der Waals surface area (Å²) >= 11 is 0. The van der Waals surface area contributed by atoms with Gasteiger partial charge in [0.2, 0.25) is 21.8 Å². The Labute approximate surface area is 199 Å². The normalized spacial score (nSPS) is 16.3. The van der Waals surface area contributed by atoms with Crippen LogP contribution in [0.4, 0.5) is 17.1 Å². The molecule has 1 fully saturated rings. The van der Waals surface area contributed by atoms with Gasteiger partial charge in [-0.05, 0) is 29.7 Å². The summed E-state index contributed by atoms with van der Waals surface area (Å²) in [6.07, 6.45) is 0.0854. The zero-order chi connectivity index (χ0) is 24.6. The van der Waals surface area contributed by atoms with Gasteiger partial charge in [-0.3, -0.25) is 9.59 Å². The maximum Gasteiger partial charge on any atom is 0.242 e. The monoisotopic (exact) mass is 480 g/mol. The number of nitrogens with one attached hydrogen (secondary N) is 1. The number of anilines is 3. The third-order valence-corrected chi connectivity index (χ3v) is 7.85. The van der Waals surface area contributed by atoms with Crippen LogP contribution in [0, 0.1) is 5.92 Å². The zero-order valence-electron chi connectivity index (χ0n) is 19.6. The van der Waals surface area contributed by atoms with Crippen LogP contribution < -0.4 is 15.1 Å². The van der Waals surface area contributed by atoms with E-state index in [1.807, 2.05) is 56.6 Å². The molecule has 0 aliphatic carbocycles. The fourth-order valence-corrected chi connectivity index (χ4v) is 5.10. The van der Waals surface area contributed by atoms with Crippen LogP contribution in [0.1, 0.15) is 6.42 Å². The predicted octanol–water partition coefficient (Wildman–Crippen LogP) is 3.15. The molecular formula is C25H28N4O4S. The quantitative estimate of drug-likeness (QED) is 0.585. The van der Waals surface area contributed by atoms with Crippen molar-refractivity contribution in [3.63, 3.8) is 0 Å². The Kier molecular flexibility index (Phi) is 6.33. The van der Waals surface area contributed by atoms with Gasteiger partial charge in [0.1, 0.15) is 0 Å². The molecule has 178 valence electrons. The van der Waals surface area contributed by atoms with Crippen LogP contribution in [0.25, 0.3) is 10.8 Å². The first-order chi connectivity index (χ1) is 16.1. The average molecular weight is 481 g/mol. The highest BCUT2D eigenvalue weighted by Gasteiger charge is 2.36. The molecule has 2 amide bonds. The van der Waals surface area contributed by atoms with Crippen molar-refractivity contribution >= 4 is 49.7 Å². The molecule has 4 rings (SSSR count). The topological polar surface area (TPSA) is 90.0 Å². The zero-order valence-corrected chi connectivity index (χ0v) is 20.5. The molecule has 1 heterocycles. The van der Waals surface area contributed by atoms with E-state index in [-0.39, 0.29) is 29.7 Å². The summed E-state index contributed by atoms with van der Waals surface area (Å²) in [5.74, 6) is -0.998. The summed E-state index contributed by atoms with van der Waals surface area (Å²) in [7, 11) is 2.87. The second-order valence-corrected chi connectivity index (χ2v) is 10.9. The number of hydrogen-bond acceptors (Lipinski definition) is 5. The van der Waals surface area contributed by atoms with Gasteiger partial charge < -0.3 is 15.1 Å². The Hall–Kier alpha value is -3.43. The van der Waals surface area contributed by atoms with E-state index >= 15 is 0 Å². The minimum Gasteiger partial charge on any atom is -0.376 e. The van der Waals surface area contributed by atoms with Gasteiger partial charge in [-0.15, -0.1) is 0 Å². The minimum absolute atomic E-state index is 0.0817. The van der Waals surface area contributed by atoms with Gasteiger partial charge in [0.05, 0.1) is 27.9 Å². The fraction of sp³-hybridized carbons (Fsp3) is 0.280. The highest BCUT2D eigenvalue weighted by molar-refractivity contribution is 7.89. The highest BCUT2D eigenvalue weighted by atomic mass is 32.2. The second-order valence-electron chi connectivity index (χ2n) is 8.75. The van der Waals surface area contributed by atoms with Gasteiger partial charge in [-0.2, -0.15) is 0 Å². The number of sulfonamides is 1. The summed E-state index contributed by atoms with van der Waals surface area (Å²) in [4.78, 5) is 29.6. The molecule has 0 bridgehead atoms. The molecule has 9 heteroatoms. The summed E-state index contributed by atoms with van der Waals surface area (Å²) in [6, 6.07) is 18.2. The first kappa shape index (κ1) is 23.7. The van der Waals surface area contributed by atoms with Gasteiger partial charge >= 0.3 is 0 Å². The van der Waals surface area contributed by atoms with Gasteiger partial charge in [0.25, 0.3) is 0 Å². The Bertz CT molecular complexity index is 1360. The molecule has 1 N–H and O–H groups in total. The van der Waals surface area contributed by atoms with E-state index in [1.165, 1.54) is 26.2 Å². The van der Waals surface area contributed by atoms with Crippen molar-refractivity contribution in [1.29, 1.82) is 0 Å². The van der Waals surface area contributed by atoms with Crippen molar-refractivity contribution in [2.75, 3.05) is 49.9 Å². The molecule has 1 saturated heterocycles. The maximum atomic E-state index is 13.2. The lowest BCUT2D eigenvalue weighted by molar-refractivity contribution is -0.122. The van der Waals surface area contributed by atoms with Crippen LogP contribution in [-0.2, 0) is 19.6 Å². The lowest BCUT2D eigenvalue weighted by atomic mass is 10.1. The lowest BCUT2D eigenvalue weighted by Gasteiger charge is -2.21.